The van der Waals surface area contributed by atoms with Gasteiger partial charge in [0.15, 0.2) is 11.5 Å². The smallest absolute Gasteiger partial charge is 0.389 e. The van der Waals surface area contributed by atoms with Crippen molar-refractivity contribution in [3.8, 4) is 0 Å². The van der Waals surface area contributed by atoms with Gasteiger partial charge in [-0.05, 0) is 26.0 Å². The Morgan fingerprint density at radius 1 is 1.10 bits per heavy atom. The van der Waals surface area contributed by atoms with Gasteiger partial charge in [0, 0.05) is 32.7 Å². The molecule has 0 aromatic carbocycles. The Morgan fingerprint density at radius 2 is 1.71 bits per heavy atom. The van der Waals surface area contributed by atoms with Crippen LogP contribution in [0.1, 0.15) is 19.5 Å². The minimum absolute atomic E-state index is 0.450. The monoisotopic (exact) mass is 304 g/mol. The standard InChI is InChI=1S/C13H19F3N4O/c1-12(2,21)9-19-5-7-20(8-6-19)11-4-3-10(17-18-11)13(14,15)16/h3-4,21H,5-9H2,1-2H3. The van der Waals surface area contributed by atoms with Gasteiger partial charge in [-0.2, -0.15) is 13.2 Å². The Kier molecular flexibility index (Phi) is 4.38. The fourth-order valence-electron chi connectivity index (χ4n) is 2.33. The van der Waals surface area contributed by atoms with Gasteiger partial charge >= 0.3 is 6.18 Å². The first-order chi connectivity index (χ1) is 9.65. The lowest BCUT2D eigenvalue weighted by molar-refractivity contribution is -0.141. The molecule has 0 amide bonds. The summed E-state index contributed by atoms with van der Waals surface area (Å²) in [5, 5.41) is 16.7. The van der Waals surface area contributed by atoms with Crippen molar-refractivity contribution in [3.05, 3.63) is 17.8 Å². The van der Waals surface area contributed by atoms with Crippen LogP contribution in [-0.4, -0.2) is 58.5 Å². The number of alkyl halides is 3. The molecule has 0 unspecified atom stereocenters. The summed E-state index contributed by atoms with van der Waals surface area (Å²) in [6.45, 7) is 6.83. The van der Waals surface area contributed by atoms with Crippen LogP contribution in [0.25, 0.3) is 0 Å². The Hall–Kier alpha value is -1.41. The van der Waals surface area contributed by atoms with Crippen LogP contribution in [0.4, 0.5) is 19.0 Å². The molecule has 0 atom stereocenters. The van der Waals surface area contributed by atoms with Gasteiger partial charge < -0.3 is 10.0 Å². The molecule has 2 rings (SSSR count). The van der Waals surface area contributed by atoms with Crippen LogP contribution in [0.3, 0.4) is 0 Å². The second-order valence-corrected chi connectivity index (χ2v) is 5.85. The zero-order chi connectivity index (χ0) is 15.7. The molecule has 1 aromatic rings. The molecule has 1 N–H and O–H groups in total. The lowest BCUT2D eigenvalue weighted by Crippen LogP contribution is -2.50. The number of nitrogens with zero attached hydrogens (tertiary/aromatic N) is 4. The molecule has 1 aromatic heterocycles. The second-order valence-electron chi connectivity index (χ2n) is 5.85. The van der Waals surface area contributed by atoms with E-state index in [0.717, 1.165) is 19.2 Å². The van der Waals surface area contributed by atoms with E-state index in [1.54, 1.807) is 13.8 Å². The van der Waals surface area contributed by atoms with Gasteiger partial charge in [-0.25, -0.2) is 0 Å². The SMILES string of the molecule is CC(C)(O)CN1CCN(c2ccc(C(F)(F)F)nn2)CC1. The first-order valence-electron chi connectivity index (χ1n) is 6.76. The highest BCUT2D eigenvalue weighted by atomic mass is 19.4. The highest BCUT2D eigenvalue weighted by molar-refractivity contribution is 5.38. The Morgan fingerprint density at radius 3 is 2.14 bits per heavy atom. The molecule has 1 aliphatic heterocycles. The Bertz CT molecular complexity index is 462. The van der Waals surface area contributed by atoms with Gasteiger partial charge in [0.1, 0.15) is 0 Å². The van der Waals surface area contributed by atoms with Crippen LogP contribution in [-0.2, 0) is 6.18 Å². The van der Waals surface area contributed by atoms with Crippen molar-refractivity contribution < 1.29 is 18.3 Å². The fourth-order valence-corrected chi connectivity index (χ4v) is 2.33. The zero-order valence-corrected chi connectivity index (χ0v) is 12.1. The van der Waals surface area contributed by atoms with E-state index in [1.807, 2.05) is 4.90 Å². The number of aliphatic hydroxyl groups is 1. The molecular weight excluding hydrogens is 285 g/mol. The van der Waals surface area contributed by atoms with Crippen molar-refractivity contribution >= 4 is 5.82 Å². The van der Waals surface area contributed by atoms with Crippen LogP contribution in [0.15, 0.2) is 12.1 Å². The number of rotatable bonds is 3. The van der Waals surface area contributed by atoms with Crippen LogP contribution >= 0.6 is 0 Å². The topological polar surface area (TPSA) is 52.5 Å². The third kappa shape index (κ3) is 4.53. The molecule has 1 fully saturated rings. The van der Waals surface area contributed by atoms with Crippen molar-refractivity contribution in [2.45, 2.75) is 25.6 Å². The number of hydrogen-bond donors (Lipinski definition) is 1. The van der Waals surface area contributed by atoms with Gasteiger partial charge in [-0.1, -0.05) is 0 Å². The van der Waals surface area contributed by atoms with Crippen molar-refractivity contribution in [1.29, 1.82) is 0 Å². The van der Waals surface area contributed by atoms with Crippen LogP contribution in [0.5, 0.6) is 0 Å². The van der Waals surface area contributed by atoms with Crippen LogP contribution < -0.4 is 4.90 Å². The highest BCUT2D eigenvalue weighted by Gasteiger charge is 2.33. The van der Waals surface area contributed by atoms with Crippen LogP contribution in [0.2, 0.25) is 0 Å². The summed E-state index contributed by atoms with van der Waals surface area (Å²) in [5.41, 5.74) is -1.73. The minimum atomic E-state index is -4.46. The summed E-state index contributed by atoms with van der Waals surface area (Å²) < 4.78 is 37.3. The fraction of sp³-hybridized carbons (Fsp3) is 0.692. The molecule has 0 radical (unpaired) electrons. The van der Waals surface area contributed by atoms with E-state index in [1.165, 1.54) is 6.07 Å². The van der Waals surface area contributed by atoms with E-state index in [2.05, 4.69) is 15.1 Å². The maximum atomic E-state index is 12.4. The highest BCUT2D eigenvalue weighted by Crippen LogP contribution is 2.27. The molecule has 5 nitrogen and oxygen atoms in total. The minimum Gasteiger partial charge on any atom is -0.389 e. The molecule has 21 heavy (non-hydrogen) atoms. The van der Waals surface area contributed by atoms with Gasteiger partial charge in [0.05, 0.1) is 5.60 Å². The predicted molar refractivity (Wildman–Crippen MR) is 72.0 cm³/mol. The van der Waals surface area contributed by atoms with E-state index >= 15 is 0 Å². The van der Waals surface area contributed by atoms with Gasteiger partial charge in [0.2, 0.25) is 0 Å². The lowest BCUT2D eigenvalue weighted by atomic mass is 10.1. The molecule has 2 heterocycles. The summed E-state index contributed by atoms with van der Waals surface area (Å²) in [5.74, 6) is 0.450. The van der Waals surface area contributed by atoms with Crippen molar-refractivity contribution in [2.75, 3.05) is 37.6 Å². The van der Waals surface area contributed by atoms with E-state index in [4.69, 9.17) is 0 Å². The number of β-amino-alcohol motifs (C(OH)–C–C–N with tert-alkyl or cyclic N) is 1. The lowest BCUT2D eigenvalue weighted by Gasteiger charge is -2.37. The first kappa shape index (κ1) is 16.0. The van der Waals surface area contributed by atoms with E-state index in [-0.39, 0.29) is 0 Å². The molecule has 0 saturated carbocycles. The van der Waals surface area contributed by atoms with E-state index in [9.17, 15) is 18.3 Å². The van der Waals surface area contributed by atoms with Crippen LogP contribution in [0, 0.1) is 0 Å². The third-order valence-corrected chi connectivity index (χ3v) is 3.25. The number of halogens is 3. The van der Waals surface area contributed by atoms with Crippen molar-refractivity contribution in [2.24, 2.45) is 0 Å². The van der Waals surface area contributed by atoms with Gasteiger partial charge in [-0.3, -0.25) is 4.90 Å². The third-order valence-electron chi connectivity index (χ3n) is 3.25. The average molecular weight is 304 g/mol. The summed E-state index contributed by atoms with van der Waals surface area (Å²) in [6, 6.07) is 2.30. The number of piperazine rings is 1. The summed E-state index contributed by atoms with van der Waals surface area (Å²) >= 11 is 0. The second kappa shape index (κ2) is 5.76. The Labute approximate surface area is 121 Å². The first-order valence-corrected chi connectivity index (χ1v) is 6.76. The quantitative estimate of drug-likeness (QED) is 0.914. The number of hydrogen-bond acceptors (Lipinski definition) is 5. The van der Waals surface area contributed by atoms with E-state index < -0.39 is 17.5 Å². The van der Waals surface area contributed by atoms with Crippen molar-refractivity contribution in [3.63, 3.8) is 0 Å². The molecule has 1 aliphatic rings. The average Bonchev–Trinajstić information content (AvgIpc) is 2.37. The maximum absolute atomic E-state index is 12.4. The largest absolute Gasteiger partial charge is 0.435 e. The number of aromatic nitrogens is 2. The molecule has 0 aliphatic carbocycles. The summed E-state index contributed by atoms with van der Waals surface area (Å²) in [7, 11) is 0. The van der Waals surface area contributed by atoms with Gasteiger partial charge in [-0.15, -0.1) is 10.2 Å². The summed E-state index contributed by atoms with van der Waals surface area (Å²) in [4.78, 5) is 4.02. The molecular formula is C13H19F3N4O. The molecule has 0 spiro atoms. The van der Waals surface area contributed by atoms with E-state index in [0.29, 0.717) is 25.5 Å². The normalized spacial score (nSPS) is 18.1. The van der Waals surface area contributed by atoms with Crippen molar-refractivity contribution in [1.82, 2.24) is 15.1 Å². The predicted octanol–water partition coefficient (Wildman–Crippen LogP) is 1.39. The molecule has 8 heteroatoms. The van der Waals surface area contributed by atoms with Gasteiger partial charge in [0.25, 0.3) is 0 Å². The molecule has 118 valence electrons. The zero-order valence-electron chi connectivity index (χ0n) is 12.1. The molecule has 0 bridgehead atoms. The Balaban J connectivity index is 1.93. The maximum Gasteiger partial charge on any atom is 0.435 e. The number of anilines is 1. The molecule has 1 saturated heterocycles. The summed E-state index contributed by atoms with van der Waals surface area (Å²) in [6.07, 6.45) is -4.46.